The average molecular weight is 693 g/mol. The Hall–Kier alpha value is -6.64. The topological polar surface area (TPSA) is 8.17 Å². The van der Waals surface area contributed by atoms with Crippen LogP contribution in [0.3, 0.4) is 0 Å². The first kappa shape index (κ1) is 32.0. The molecule has 1 unspecified atom stereocenters. The lowest BCUT2D eigenvalue weighted by molar-refractivity contribution is 0.867. The van der Waals surface area contributed by atoms with Crippen molar-refractivity contribution in [3.63, 3.8) is 0 Å². The number of fused-ring (bicyclic) bond motifs is 4. The average Bonchev–Trinajstić information content (AvgIpc) is 3.57. The highest BCUT2D eigenvalue weighted by atomic mass is 15.1. The molecule has 1 heterocycles. The Kier molecular flexibility index (Phi) is 8.15. The highest BCUT2D eigenvalue weighted by Gasteiger charge is 2.19. The lowest BCUT2D eigenvalue weighted by Crippen LogP contribution is -2.10. The summed E-state index contributed by atoms with van der Waals surface area (Å²) in [6.45, 7) is 0. The number of allylic oxidation sites excluding steroid dienone is 8. The van der Waals surface area contributed by atoms with Gasteiger partial charge in [0.15, 0.2) is 0 Å². The maximum Gasteiger partial charge on any atom is 0.0544 e. The monoisotopic (exact) mass is 692 g/mol. The lowest BCUT2D eigenvalue weighted by Gasteiger charge is -2.27. The molecule has 8 aromatic rings. The minimum absolute atomic E-state index is 0.358. The molecule has 54 heavy (non-hydrogen) atoms. The molecule has 0 saturated heterocycles. The van der Waals surface area contributed by atoms with Crippen LogP contribution in [0.2, 0.25) is 0 Å². The number of benzene rings is 7. The van der Waals surface area contributed by atoms with Gasteiger partial charge >= 0.3 is 0 Å². The Labute approximate surface area is 316 Å². The zero-order chi connectivity index (χ0) is 35.8. The van der Waals surface area contributed by atoms with E-state index in [9.17, 15) is 0 Å². The van der Waals surface area contributed by atoms with Crippen molar-refractivity contribution in [2.24, 2.45) is 0 Å². The van der Waals surface area contributed by atoms with Crippen molar-refractivity contribution < 1.29 is 0 Å². The van der Waals surface area contributed by atoms with Gasteiger partial charge in [-0.05, 0) is 119 Å². The molecule has 2 aliphatic carbocycles. The van der Waals surface area contributed by atoms with E-state index in [1.54, 1.807) is 0 Å². The SMILES string of the molecule is C1=CC(c2ccc(N(c3ccccc3)c3ccc(C4=CC=C(n5c6ccccc6c6cc7ccccc7cc65)CC4)cc3)cc2)CC(c2ccccc2)=C1. The summed E-state index contributed by atoms with van der Waals surface area (Å²) in [7, 11) is 0. The Morgan fingerprint density at radius 3 is 1.83 bits per heavy atom. The van der Waals surface area contributed by atoms with Crippen molar-refractivity contribution in [1.82, 2.24) is 4.57 Å². The summed E-state index contributed by atoms with van der Waals surface area (Å²) < 4.78 is 2.49. The zero-order valence-electron chi connectivity index (χ0n) is 30.1. The Morgan fingerprint density at radius 2 is 1.09 bits per heavy atom. The van der Waals surface area contributed by atoms with Gasteiger partial charge in [-0.15, -0.1) is 0 Å². The second-order valence-electron chi connectivity index (χ2n) is 14.5. The van der Waals surface area contributed by atoms with E-state index in [0.717, 1.165) is 36.3 Å². The van der Waals surface area contributed by atoms with Crippen LogP contribution in [0, 0.1) is 0 Å². The maximum absolute atomic E-state index is 2.49. The number of para-hydroxylation sites is 2. The molecule has 0 amide bonds. The third kappa shape index (κ3) is 5.87. The summed E-state index contributed by atoms with van der Waals surface area (Å²) >= 11 is 0. The summed E-state index contributed by atoms with van der Waals surface area (Å²) in [5.41, 5.74) is 14.0. The van der Waals surface area contributed by atoms with Crippen LogP contribution in [-0.4, -0.2) is 4.57 Å². The van der Waals surface area contributed by atoms with Crippen LogP contribution in [0.25, 0.3) is 49.4 Å². The van der Waals surface area contributed by atoms with Crippen LogP contribution in [0.1, 0.15) is 41.9 Å². The number of rotatable bonds is 7. The second kappa shape index (κ2) is 13.7. The summed E-state index contributed by atoms with van der Waals surface area (Å²) in [6.07, 6.45) is 14.5. The summed E-state index contributed by atoms with van der Waals surface area (Å²) in [5, 5.41) is 5.18. The first-order valence-corrected chi connectivity index (χ1v) is 19.1. The van der Waals surface area contributed by atoms with Gasteiger partial charge in [0.2, 0.25) is 0 Å². The van der Waals surface area contributed by atoms with Crippen LogP contribution >= 0.6 is 0 Å². The molecular weight excluding hydrogens is 653 g/mol. The Balaban J connectivity index is 0.937. The van der Waals surface area contributed by atoms with E-state index < -0.39 is 0 Å². The van der Waals surface area contributed by atoms with Gasteiger partial charge in [-0.25, -0.2) is 0 Å². The predicted molar refractivity (Wildman–Crippen MR) is 230 cm³/mol. The summed E-state index contributed by atoms with van der Waals surface area (Å²) in [5.74, 6) is 0.358. The minimum Gasteiger partial charge on any atom is -0.313 e. The zero-order valence-corrected chi connectivity index (χ0v) is 30.1. The molecule has 0 N–H and O–H groups in total. The number of aromatic nitrogens is 1. The summed E-state index contributed by atoms with van der Waals surface area (Å²) in [4.78, 5) is 2.36. The van der Waals surface area contributed by atoms with Gasteiger partial charge in [-0.3, -0.25) is 0 Å². The fourth-order valence-corrected chi connectivity index (χ4v) is 8.51. The highest BCUT2D eigenvalue weighted by Crippen LogP contribution is 2.41. The molecule has 0 saturated carbocycles. The molecule has 258 valence electrons. The van der Waals surface area contributed by atoms with Gasteiger partial charge in [0, 0.05) is 39.4 Å². The molecule has 2 heteroatoms. The Bertz CT molecular complexity index is 2760. The number of anilines is 3. The molecule has 0 fully saturated rings. The highest BCUT2D eigenvalue weighted by molar-refractivity contribution is 6.14. The van der Waals surface area contributed by atoms with Crippen molar-refractivity contribution >= 4 is 66.5 Å². The van der Waals surface area contributed by atoms with E-state index in [2.05, 4.69) is 210 Å². The predicted octanol–water partition coefficient (Wildman–Crippen LogP) is 14.3. The van der Waals surface area contributed by atoms with Crippen LogP contribution in [0.5, 0.6) is 0 Å². The van der Waals surface area contributed by atoms with E-state index in [1.807, 2.05) is 0 Å². The number of hydrogen-bond acceptors (Lipinski definition) is 1. The first-order valence-electron chi connectivity index (χ1n) is 19.1. The number of hydrogen-bond donors (Lipinski definition) is 0. The molecule has 0 bridgehead atoms. The van der Waals surface area contributed by atoms with Gasteiger partial charge in [0.05, 0.1) is 11.0 Å². The van der Waals surface area contributed by atoms with E-state index in [0.29, 0.717) is 5.92 Å². The van der Waals surface area contributed by atoms with Crippen molar-refractivity contribution in [2.75, 3.05) is 4.90 Å². The van der Waals surface area contributed by atoms with E-state index in [1.165, 1.54) is 66.1 Å². The van der Waals surface area contributed by atoms with Crippen molar-refractivity contribution in [3.8, 4) is 0 Å². The fraction of sp³-hybridized carbons (Fsp3) is 0.0769. The van der Waals surface area contributed by atoms with E-state index >= 15 is 0 Å². The maximum atomic E-state index is 2.49. The molecule has 1 atom stereocenters. The minimum atomic E-state index is 0.358. The van der Waals surface area contributed by atoms with Crippen molar-refractivity contribution in [1.29, 1.82) is 0 Å². The summed E-state index contributed by atoms with van der Waals surface area (Å²) in [6, 6.07) is 62.0. The van der Waals surface area contributed by atoms with Gasteiger partial charge in [-0.1, -0.05) is 140 Å². The first-order chi connectivity index (χ1) is 26.8. The molecule has 2 aliphatic rings. The molecule has 0 radical (unpaired) electrons. The van der Waals surface area contributed by atoms with Gasteiger partial charge < -0.3 is 9.47 Å². The van der Waals surface area contributed by atoms with Gasteiger partial charge in [0.25, 0.3) is 0 Å². The van der Waals surface area contributed by atoms with Crippen LogP contribution in [0.4, 0.5) is 17.1 Å². The van der Waals surface area contributed by atoms with E-state index in [4.69, 9.17) is 0 Å². The van der Waals surface area contributed by atoms with Crippen LogP contribution in [0.15, 0.2) is 200 Å². The molecular formula is C52H40N2. The molecule has 7 aromatic carbocycles. The third-order valence-electron chi connectivity index (χ3n) is 11.3. The quantitative estimate of drug-likeness (QED) is 0.161. The van der Waals surface area contributed by atoms with Crippen LogP contribution < -0.4 is 4.90 Å². The van der Waals surface area contributed by atoms with Crippen LogP contribution in [-0.2, 0) is 0 Å². The third-order valence-corrected chi connectivity index (χ3v) is 11.3. The molecule has 1 aromatic heterocycles. The van der Waals surface area contributed by atoms with Crippen molar-refractivity contribution in [3.05, 3.63) is 217 Å². The van der Waals surface area contributed by atoms with E-state index in [-0.39, 0.29) is 0 Å². The van der Waals surface area contributed by atoms with Gasteiger partial charge in [-0.2, -0.15) is 0 Å². The fourth-order valence-electron chi connectivity index (χ4n) is 8.51. The molecule has 2 nitrogen and oxygen atoms in total. The normalized spacial score (nSPS) is 15.6. The smallest absolute Gasteiger partial charge is 0.0544 e. The largest absolute Gasteiger partial charge is 0.313 e. The molecule has 0 spiro atoms. The second-order valence-corrected chi connectivity index (χ2v) is 14.5. The number of nitrogens with zero attached hydrogens (tertiary/aromatic N) is 2. The molecule has 10 rings (SSSR count). The lowest BCUT2D eigenvalue weighted by atomic mass is 9.85. The standard InChI is InChI=1S/C52H40N2/c1-3-12-37(13-4-1)41-16-11-17-42(34-41)40-26-30-47(31-27-40)53(45-18-5-2-6-19-45)46-28-22-38(23-29-46)39-24-32-48(33-25-39)54-51-21-10-9-20-49(51)50-35-43-14-7-8-15-44(43)36-52(50)54/h1-24,26-32,35-36,42H,25,33-34H2. The Morgan fingerprint density at radius 1 is 0.463 bits per heavy atom. The van der Waals surface area contributed by atoms with Crippen molar-refractivity contribution in [2.45, 2.75) is 25.2 Å². The van der Waals surface area contributed by atoms with Gasteiger partial charge in [0.1, 0.15) is 0 Å². The molecule has 0 aliphatic heterocycles.